The molecule has 10 heteroatoms. The average Bonchev–Trinajstić information content (AvgIpc) is 2.76. The molecule has 0 saturated heterocycles. The van der Waals surface area contributed by atoms with Crippen LogP contribution in [0.15, 0.2) is 36.4 Å². The van der Waals surface area contributed by atoms with Gasteiger partial charge < -0.3 is 21.3 Å². The van der Waals surface area contributed by atoms with Crippen LogP contribution in [0, 0.1) is 35.1 Å². The SMILES string of the molecule is O=C(NC[C@@H]1CCC[C@@H](CNC(=O)Nc2cc(F)ccc2F)C1)Nc1cc(F)ccc1F. The summed E-state index contributed by atoms with van der Waals surface area (Å²) in [5.41, 5.74) is -0.483. The number of amides is 4. The third-order valence-electron chi connectivity index (χ3n) is 5.35. The minimum absolute atomic E-state index is 0.155. The Bertz CT molecular complexity index is 897. The molecule has 32 heavy (non-hydrogen) atoms. The third-order valence-corrected chi connectivity index (χ3v) is 5.35. The van der Waals surface area contributed by atoms with Gasteiger partial charge in [0.25, 0.3) is 0 Å². The van der Waals surface area contributed by atoms with Crippen LogP contribution in [0.4, 0.5) is 38.5 Å². The second-order valence-electron chi connectivity index (χ2n) is 7.82. The van der Waals surface area contributed by atoms with Gasteiger partial charge >= 0.3 is 12.1 Å². The van der Waals surface area contributed by atoms with Crippen molar-refractivity contribution in [3.8, 4) is 0 Å². The molecule has 0 unspecified atom stereocenters. The fourth-order valence-electron chi connectivity index (χ4n) is 3.77. The molecule has 0 aromatic heterocycles. The number of halogens is 4. The first-order valence-electron chi connectivity index (χ1n) is 10.3. The van der Waals surface area contributed by atoms with Crippen LogP contribution < -0.4 is 21.3 Å². The Balaban J connectivity index is 1.41. The summed E-state index contributed by atoms with van der Waals surface area (Å²) in [6.45, 7) is 0.694. The van der Waals surface area contributed by atoms with Gasteiger partial charge in [0.05, 0.1) is 11.4 Å². The number of hydrogen-bond donors (Lipinski definition) is 4. The number of anilines is 2. The molecule has 0 bridgehead atoms. The summed E-state index contributed by atoms with van der Waals surface area (Å²) in [7, 11) is 0. The molecule has 0 aliphatic heterocycles. The van der Waals surface area contributed by atoms with Crippen molar-refractivity contribution in [3.63, 3.8) is 0 Å². The van der Waals surface area contributed by atoms with E-state index >= 15 is 0 Å². The molecule has 1 fully saturated rings. The topological polar surface area (TPSA) is 82.3 Å². The van der Waals surface area contributed by atoms with E-state index in [-0.39, 0.29) is 23.2 Å². The summed E-state index contributed by atoms with van der Waals surface area (Å²) < 4.78 is 53.6. The minimum Gasteiger partial charge on any atom is -0.338 e. The molecule has 4 amide bonds. The van der Waals surface area contributed by atoms with Crippen molar-refractivity contribution in [1.82, 2.24) is 10.6 Å². The summed E-state index contributed by atoms with van der Waals surface area (Å²) >= 11 is 0. The summed E-state index contributed by atoms with van der Waals surface area (Å²) in [4.78, 5) is 24.0. The molecular formula is C22H24F4N4O2. The fourth-order valence-corrected chi connectivity index (χ4v) is 3.77. The monoisotopic (exact) mass is 452 g/mol. The largest absolute Gasteiger partial charge is 0.338 e. The molecular weight excluding hydrogens is 428 g/mol. The smallest absolute Gasteiger partial charge is 0.319 e. The second-order valence-corrected chi connectivity index (χ2v) is 7.82. The van der Waals surface area contributed by atoms with Gasteiger partial charge in [0, 0.05) is 25.2 Å². The number of nitrogens with one attached hydrogen (secondary N) is 4. The molecule has 4 N–H and O–H groups in total. The van der Waals surface area contributed by atoms with Crippen LogP contribution in [0.2, 0.25) is 0 Å². The van der Waals surface area contributed by atoms with E-state index in [9.17, 15) is 27.2 Å². The maximum Gasteiger partial charge on any atom is 0.319 e. The summed E-state index contributed by atoms with van der Waals surface area (Å²) in [5.74, 6) is -2.48. The average molecular weight is 452 g/mol. The van der Waals surface area contributed by atoms with Gasteiger partial charge in [-0.25, -0.2) is 27.2 Å². The van der Waals surface area contributed by atoms with E-state index in [2.05, 4.69) is 21.3 Å². The molecule has 1 aliphatic rings. The van der Waals surface area contributed by atoms with Crippen LogP contribution in [0.3, 0.4) is 0 Å². The summed E-state index contributed by atoms with van der Waals surface area (Å²) in [6, 6.07) is 4.33. The second kappa shape index (κ2) is 10.8. The Hall–Kier alpha value is -3.30. The van der Waals surface area contributed by atoms with Gasteiger partial charge in [0.2, 0.25) is 0 Å². The minimum atomic E-state index is -0.734. The van der Waals surface area contributed by atoms with E-state index in [1.165, 1.54) is 0 Å². The number of hydrogen-bond acceptors (Lipinski definition) is 2. The highest BCUT2D eigenvalue weighted by molar-refractivity contribution is 5.89. The van der Waals surface area contributed by atoms with E-state index in [1.807, 2.05) is 0 Å². The molecule has 6 nitrogen and oxygen atoms in total. The van der Waals surface area contributed by atoms with Crippen molar-refractivity contribution in [3.05, 3.63) is 59.7 Å². The van der Waals surface area contributed by atoms with Crippen molar-refractivity contribution in [2.45, 2.75) is 25.7 Å². The molecule has 1 aliphatic carbocycles. The first kappa shape index (κ1) is 23.4. The molecule has 0 spiro atoms. The Morgan fingerprint density at radius 3 is 1.62 bits per heavy atom. The molecule has 2 aromatic carbocycles. The zero-order valence-electron chi connectivity index (χ0n) is 17.2. The van der Waals surface area contributed by atoms with Crippen molar-refractivity contribution < 1.29 is 27.2 Å². The molecule has 2 atom stereocenters. The Kier molecular flexibility index (Phi) is 7.91. The van der Waals surface area contributed by atoms with E-state index in [0.29, 0.717) is 13.1 Å². The molecule has 172 valence electrons. The predicted octanol–water partition coefficient (Wildman–Crippen LogP) is 4.99. The van der Waals surface area contributed by atoms with Gasteiger partial charge in [-0.15, -0.1) is 0 Å². The van der Waals surface area contributed by atoms with Gasteiger partial charge in [-0.3, -0.25) is 0 Å². The van der Waals surface area contributed by atoms with Gasteiger partial charge in [0.15, 0.2) is 0 Å². The lowest BCUT2D eigenvalue weighted by atomic mass is 9.81. The first-order chi connectivity index (χ1) is 15.3. The van der Waals surface area contributed by atoms with Crippen molar-refractivity contribution >= 4 is 23.4 Å². The fraction of sp³-hybridized carbons (Fsp3) is 0.364. The quantitative estimate of drug-likeness (QED) is 0.466. The first-order valence-corrected chi connectivity index (χ1v) is 10.3. The number of rotatable bonds is 6. The molecule has 3 rings (SSSR count). The van der Waals surface area contributed by atoms with Gasteiger partial charge in [-0.2, -0.15) is 0 Å². The highest BCUT2D eigenvalue weighted by atomic mass is 19.1. The van der Waals surface area contributed by atoms with Crippen LogP contribution in [0.25, 0.3) is 0 Å². The Morgan fingerprint density at radius 1 is 0.750 bits per heavy atom. The number of urea groups is 2. The number of benzene rings is 2. The maximum atomic E-state index is 13.6. The zero-order chi connectivity index (χ0) is 23.1. The van der Waals surface area contributed by atoms with Crippen LogP contribution >= 0.6 is 0 Å². The van der Waals surface area contributed by atoms with Crippen molar-refractivity contribution in [1.29, 1.82) is 0 Å². The molecule has 2 aromatic rings. The predicted molar refractivity (Wildman–Crippen MR) is 112 cm³/mol. The van der Waals surface area contributed by atoms with E-state index in [0.717, 1.165) is 62.1 Å². The van der Waals surface area contributed by atoms with Gasteiger partial charge in [0.1, 0.15) is 23.3 Å². The van der Waals surface area contributed by atoms with Crippen LogP contribution in [0.1, 0.15) is 25.7 Å². The lowest BCUT2D eigenvalue weighted by Crippen LogP contribution is -2.38. The van der Waals surface area contributed by atoms with Crippen LogP contribution in [0.5, 0.6) is 0 Å². The van der Waals surface area contributed by atoms with Crippen LogP contribution in [-0.2, 0) is 0 Å². The lowest BCUT2D eigenvalue weighted by molar-refractivity contribution is 0.230. The van der Waals surface area contributed by atoms with Crippen molar-refractivity contribution in [2.75, 3.05) is 23.7 Å². The van der Waals surface area contributed by atoms with Crippen LogP contribution in [-0.4, -0.2) is 25.2 Å². The Morgan fingerprint density at radius 2 is 1.19 bits per heavy atom. The standard InChI is InChI=1S/C22H24F4N4O2/c23-15-4-6-17(25)19(9-15)29-21(31)27-11-13-2-1-3-14(8-13)12-28-22(32)30-20-10-16(24)5-7-18(20)26/h4-7,9-10,13-14H,1-3,8,11-12H2,(H2,27,29,31)(H2,28,30,32)/t13-,14-/m1/s1. The number of carbonyl (C=O) groups excluding carboxylic acids is 2. The van der Waals surface area contributed by atoms with E-state index in [1.54, 1.807) is 0 Å². The van der Waals surface area contributed by atoms with Crippen molar-refractivity contribution in [2.24, 2.45) is 11.8 Å². The zero-order valence-corrected chi connectivity index (χ0v) is 17.2. The highest BCUT2D eigenvalue weighted by Crippen LogP contribution is 2.28. The highest BCUT2D eigenvalue weighted by Gasteiger charge is 2.23. The van der Waals surface area contributed by atoms with Gasteiger partial charge in [-0.1, -0.05) is 6.42 Å². The third kappa shape index (κ3) is 6.86. The molecule has 0 heterocycles. The lowest BCUT2D eigenvalue weighted by Gasteiger charge is -2.29. The number of carbonyl (C=O) groups is 2. The molecule has 1 saturated carbocycles. The Labute approximate surface area is 182 Å². The van der Waals surface area contributed by atoms with E-state index < -0.39 is 35.3 Å². The maximum absolute atomic E-state index is 13.6. The molecule has 0 radical (unpaired) electrons. The normalized spacial score (nSPS) is 18.0. The summed E-state index contributed by atoms with van der Waals surface area (Å²) in [6.07, 6.45) is 3.40. The summed E-state index contributed by atoms with van der Waals surface area (Å²) in [5, 5.41) is 9.89. The van der Waals surface area contributed by atoms with E-state index in [4.69, 9.17) is 0 Å². The van der Waals surface area contributed by atoms with Gasteiger partial charge in [-0.05, 0) is 55.4 Å².